The first-order valence-corrected chi connectivity index (χ1v) is 11.8. The zero-order valence-electron chi connectivity index (χ0n) is 18.0. The molecule has 0 aliphatic heterocycles. The monoisotopic (exact) mass is 469 g/mol. The van der Waals surface area contributed by atoms with Crippen molar-refractivity contribution >= 4 is 48.9 Å². The molecule has 5 rings (SSSR count). The summed E-state index contributed by atoms with van der Waals surface area (Å²) in [6.45, 7) is 1.94. The molecule has 34 heavy (non-hydrogen) atoms. The van der Waals surface area contributed by atoms with Gasteiger partial charge < -0.3 is 5.73 Å². The Kier molecular flexibility index (Phi) is 5.27. The fourth-order valence-electron chi connectivity index (χ4n) is 3.81. The molecule has 0 aliphatic carbocycles. The third kappa shape index (κ3) is 3.98. The van der Waals surface area contributed by atoms with Gasteiger partial charge in [0.25, 0.3) is 10.1 Å². The maximum absolute atomic E-state index is 11.9. The SMILES string of the molecule is Cc1ccc2cccc(-c3ccc(N=Nc4cc(S(=O)(=O)O)c5ccccc5c4N)cn3)c2n1. The van der Waals surface area contributed by atoms with Crippen LogP contribution in [0, 0.1) is 6.92 Å². The van der Waals surface area contributed by atoms with Gasteiger partial charge in [0.05, 0.1) is 23.1 Å². The highest BCUT2D eigenvalue weighted by atomic mass is 32.2. The standard InChI is InChI=1S/C25H19N5O3S/c1-15-9-10-16-5-4-8-20(25(16)28-15)21-12-11-17(14-27-21)29-30-22-13-23(34(31,32)33)18-6-2-3-7-19(18)24(22)26/h2-14H,26H2,1H3,(H,31,32,33). The van der Waals surface area contributed by atoms with Gasteiger partial charge in [-0.25, -0.2) is 0 Å². The lowest BCUT2D eigenvalue weighted by atomic mass is 10.1. The molecule has 0 spiro atoms. The Morgan fingerprint density at radius 1 is 0.912 bits per heavy atom. The molecule has 3 aromatic carbocycles. The molecule has 0 amide bonds. The Bertz CT molecular complexity index is 1700. The van der Waals surface area contributed by atoms with E-state index in [1.54, 1.807) is 36.5 Å². The van der Waals surface area contributed by atoms with E-state index in [1.165, 1.54) is 6.07 Å². The minimum absolute atomic E-state index is 0.129. The van der Waals surface area contributed by atoms with E-state index in [0.717, 1.165) is 27.9 Å². The van der Waals surface area contributed by atoms with Gasteiger partial charge in [0, 0.05) is 27.4 Å². The van der Waals surface area contributed by atoms with E-state index in [9.17, 15) is 13.0 Å². The first-order chi connectivity index (χ1) is 16.3. The van der Waals surface area contributed by atoms with Crippen LogP contribution in [0.3, 0.4) is 0 Å². The Balaban J connectivity index is 1.52. The average Bonchev–Trinajstić information content (AvgIpc) is 2.83. The van der Waals surface area contributed by atoms with E-state index in [-0.39, 0.29) is 16.3 Å². The lowest BCUT2D eigenvalue weighted by molar-refractivity contribution is 0.484. The van der Waals surface area contributed by atoms with Crippen LogP contribution in [-0.2, 0) is 10.1 Å². The van der Waals surface area contributed by atoms with Crippen LogP contribution < -0.4 is 5.73 Å². The van der Waals surface area contributed by atoms with E-state index < -0.39 is 10.1 Å². The number of aryl methyl sites for hydroxylation is 1. The van der Waals surface area contributed by atoms with Gasteiger partial charge in [-0.2, -0.15) is 8.42 Å². The van der Waals surface area contributed by atoms with Crippen LogP contribution in [0.4, 0.5) is 17.1 Å². The van der Waals surface area contributed by atoms with E-state index in [4.69, 9.17) is 5.73 Å². The molecule has 5 aromatic rings. The number of nitrogen functional groups attached to an aromatic ring is 1. The van der Waals surface area contributed by atoms with Crippen molar-refractivity contribution in [2.45, 2.75) is 11.8 Å². The van der Waals surface area contributed by atoms with Crippen LogP contribution in [0.5, 0.6) is 0 Å². The maximum atomic E-state index is 11.9. The largest absolute Gasteiger partial charge is 0.396 e. The van der Waals surface area contributed by atoms with Crippen LogP contribution in [0.1, 0.15) is 5.69 Å². The molecule has 9 heteroatoms. The van der Waals surface area contributed by atoms with Gasteiger partial charge in [-0.1, -0.05) is 48.5 Å². The molecule has 3 N–H and O–H groups in total. The van der Waals surface area contributed by atoms with Gasteiger partial charge >= 0.3 is 0 Å². The summed E-state index contributed by atoms with van der Waals surface area (Å²) in [4.78, 5) is 8.88. The van der Waals surface area contributed by atoms with Gasteiger partial charge in [0.15, 0.2) is 0 Å². The molecule has 2 aromatic heterocycles. The predicted molar refractivity (Wildman–Crippen MR) is 132 cm³/mol. The molecule has 0 atom stereocenters. The summed E-state index contributed by atoms with van der Waals surface area (Å²) in [6, 6.07) is 21.3. The number of pyridine rings is 2. The van der Waals surface area contributed by atoms with Crippen LogP contribution in [0.25, 0.3) is 32.9 Å². The summed E-state index contributed by atoms with van der Waals surface area (Å²) < 4.78 is 33.5. The number of azo groups is 1. The molecule has 0 fully saturated rings. The summed E-state index contributed by atoms with van der Waals surface area (Å²) >= 11 is 0. The molecule has 0 saturated carbocycles. The van der Waals surface area contributed by atoms with Crippen LogP contribution >= 0.6 is 0 Å². The summed E-state index contributed by atoms with van der Waals surface area (Å²) in [6.07, 6.45) is 1.56. The summed E-state index contributed by atoms with van der Waals surface area (Å²) in [5.74, 6) is 0. The number of nitrogens with two attached hydrogens (primary N) is 1. The maximum Gasteiger partial charge on any atom is 0.295 e. The zero-order valence-corrected chi connectivity index (χ0v) is 18.9. The van der Waals surface area contributed by atoms with Crippen molar-refractivity contribution in [2.75, 3.05) is 5.73 Å². The van der Waals surface area contributed by atoms with Crippen molar-refractivity contribution in [2.24, 2.45) is 10.2 Å². The Labute approximate surface area is 195 Å². The highest BCUT2D eigenvalue weighted by Gasteiger charge is 2.18. The van der Waals surface area contributed by atoms with Gasteiger partial charge in [0.1, 0.15) is 16.3 Å². The third-order valence-electron chi connectivity index (χ3n) is 5.46. The van der Waals surface area contributed by atoms with Gasteiger partial charge in [-0.05, 0) is 31.2 Å². The molecular weight excluding hydrogens is 450 g/mol. The first-order valence-electron chi connectivity index (χ1n) is 10.3. The number of fused-ring (bicyclic) bond motifs is 2. The van der Waals surface area contributed by atoms with E-state index in [2.05, 4.69) is 20.2 Å². The lowest BCUT2D eigenvalue weighted by Crippen LogP contribution is -2.01. The number of anilines is 1. The molecule has 0 bridgehead atoms. The second-order valence-electron chi connectivity index (χ2n) is 7.76. The normalized spacial score (nSPS) is 12.1. The smallest absolute Gasteiger partial charge is 0.295 e. The van der Waals surface area contributed by atoms with Crippen LogP contribution in [0.15, 0.2) is 94.1 Å². The van der Waals surface area contributed by atoms with Crippen molar-refractivity contribution in [3.8, 4) is 11.3 Å². The fourth-order valence-corrected chi connectivity index (χ4v) is 4.53. The number of aromatic nitrogens is 2. The lowest BCUT2D eigenvalue weighted by Gasteiger charge is -2.09. The number of para-hydroxylation sites is 1. The van der Waals surface area contributed by atoms with Crippen molar-refractivity contribution in [1.29, 1.82) is 0 Å². The van der Waals surface area contributed by atoms with Crippen molar-refractivity contribution < 1.29 is 13.0 Å². The Morgan fingerprint density at radius 3 is 2.44 bits per heavy atom. The van der Waals surface area contributed by atoms with Crippen LogP contribution in [0.2, 0.25) is 0 Å². The number of benzene rings is 3. The molecule has 2 heterocycles. The summed E-state index contributed by atoms with van der Waals surface area (Å²) in [5, 5.41) is 10.1. The molecular formula is C25H19N5O3S. The van der Waals surface area contributed by atoms with Crippen molar-refractivity contribution in [1.82, 2.24) is 9.97 Å². The number of nitrogens with zero attached hydrogens (tertiary/aromatic N) is 4. The van der Waals surface area contributed by atoms with Gasteiger partial charge in [-0.15, -0.1) is 10.2 Å². The molecule has 0 saturated heterocycles. The number of hydrogen-bond acceptors (Lipinski definition) is 7. The summed E-state index contributed by atoms with van der Waals surface area (Å²) in [5.41, 5.74) is 10.5. The number of hydrogen-bond donors (Lipinski definition) is 2. The Hall–Kier alpha value is -4.21. The quantitative estimate of drug-likeness (QED) is 0.188. The van der Waals surface area contributed by atoms with Crippen molar-refractivity contribution in [3.63, 3.8) is 0 Å². The minimum Gasteiger partial charge on any atom is -0.396 e. The second kappa shape index (κ2) is 8.29. The van der Waals surface area contributed by atoms with Gasteiger partial charge in [0.2, 0.25) is 0 Å². The van der Waals surface area contributed by atoms with E-state index in [1.807, 2.05) is 43.3 Å². The second-order valence-corrected chi connectivity index (χ2v) is 9.15. The molecule has 0 radical (unpaired) electrons. The Morgan fingerprint density at radius 2 is 1.71 bits per heavy atom. The minimum atomic E-state index is -4.48. The highest BCUT2D eigenvalue weighted by molar-refractivity contribution is 7.86. The third-order valence-corrected chi connectivity index (χ3v) is 6.35. The average molecular weight is 470 g/mol. The summed E-state index contributed by atoms with van der Waals surface area (Å²) in [7, 11) is -4.48. The molecule has 8 nitrogen and oxygen atoms in total. The molecule has 0 aliphatic rings. The topological polar surface area (TPSA) is 131 Å². The van der Waals surface area contributed by atoms with E-state index >= 15 is 0 Å². The first kappa shape index (κ1) is 21.6. The number of rotatable bonds is 4. The zero-order chi connectivity index (χ0) is 23.9. The predicted octanol–water partition coefficient (Wildman–Crippen LogP) is 6.00. The highest BCUT2D eigenvalue weighted by Crippen LogP contribution is 2.37. The molecule has 0 unspecified atom stereocenters. The van der Waals surface area contributed by atoms with Gasteiger partial charge in [-0.3, -0.25) is 14.5 Å². The fraction of sp³-hybridized carbons (Fsp3) is 0.0400. The molecule has 168 valence electrons. The van der Waals surface area contributed by atoms with E-state index in [0.29, 0.717) is 16.5 Å². The van der Waals surface area contributed by atoms with Crippen molar-refractivity contribution in [3.05, 3.63) is 84.7 Å². The van der Waals surface area contributed by atoms with Crippen LogP contribution in [-0.4, -0.2) is 22.9 Å².